The molecule has 0 fully saturated rings. The first-order chi connectivity index (χ1) is 6.72. The summed E-state index contributed by atoms with van der Waals surface area (Å²) in [5, 5.41) is 6.17. The summed E-state index contributed by atoms with van der Waals surface area (Å²) in [5.41, 5.74) is -0.217. The number of nitrogens with zero attached hydrogens (tertiary/aromatic N) is 3. The van der Waals surface area contributed by atoms with Crippen LogP contribution >= 0.6 is 0 Å². The van der Waals surface area contributed by atoms with Gasteiger partial charge >= 0.3 is 5.69 Å². The van der Waals surface area contributed by atoms with Gasteiger partial charge in [-0.05, 0) is 6.08 Å². The molecule has 74 valence electrons. The van der Waals surface area contributed by atoms with Crippen LogP contribution in [0.2, 0.25) is 0 Å². The molecule has 1 N–H and O–H groups in total. The first-order valence-electron chi connectivity index (χ1n) is 4.28. The predicted molar refractivity (Wildman–Crippen MR) is 48.5 cm³/mol. The number of hydrogen-bond donors (Lipinski definition) is 1. The molecule has 1 amide bonds. The van der Waals surface area contributed by atoms with E-state index >= 15 is 0 Å². The fourth-order valence-electron chi connectivity index (χ4n) is 1.49. The van der Waals surface area contributed by atoms with Crippen LogP contribution in [0.1, 0.15) is 5.82 Å². The molecular formula is C8H10N4O2. The summed E-state index contributed by atoms with van der Waals surface area (Å²) in [6.45, 7) is 4.79. The number of carbonyl (C=O) groups is 1. The third kappa shape index (κ3) is 1.24. The molecule has 0 saturated heterocycles. The van der Waals surface area contributed by atoms with Gasteiger partial charge in [-0.3, -0.25) is 9.36 Å². The van der Waals surface area contributed by atoms with Crippen molar-refractivity contribution < 1.29 is 4.79 Å². The van der Waals surface area contributed by atoms with E-state index < -0.39 is 0 Å². The summed E-state index contributed by atoms with van der Waals surface area (Å²) in [6.07, 6.45) is 1.26. The number of fused-ring (bicyclic) bond motifs is 1. The maximum atomic E-state index is 11.3. The minimum absolute atomic E-state index is 0.133. The van der Waals surface area contributed by atoms with Crippen molar-refractivity contribution in [2.24, 2.45) is 0 Å². The average Bonchev–Trinajstić information content (AvgIpc) is 2.59. The number of hydrogen-bond acceptors (Lipinski definition) is 3. The zero-order valence-electron chi connectivity index (χ0n) is 7.56. The Morgan fingerprint density at radius 2 is 2.36 bits per heavy atom. The Morgan fingerprint density at radius 1 is 1.57 bits per heavy atom. The van der Waals surface area contributed by atoms with Crippen molar-refractivity contribution in [2.75, 3.05) is 6.54 Å². The van der Waals surface area contributed by atoms with Crippen LogP contribution in [0.25, 0.3) is 0 Å². The van der Waals surface area contributed by atoms with Crippen LogP contribution in [0.3, 0.4) is 0 Å². The number of nitrogens with one attached hydrogen (secondary N) is 1. The van der Waals surface area contributed by atoms with Crippen LogP contribution in [0.4, 0.5) is 0 Å². The highest BCUT2D eigenvalue weighted by Gasteiger charge is 2.21. The van der Waals surface area contributed by atoms with E-state index in [9.17, 15) is 9.59 Å². The molecule has 1 aromatic rings. The van der Waals surface area contributed by atoms with Crippen LogP contribution in [0.5, 0.6) is 0 Å². The molecule has 1 aliphatic heterocycles. The molecule has 0 aliphatic carbocycles. The lowest BCUT2D eigenvalue weighted by Crippen LogP contribution is -2.39. The number of amides is 1. The summed E-state index contributed by atoms with van der Waals surface area (Å²) in [4.78, 5) is 24.0. The van der Waals surface area contributed by atoms with Crippen molar-refractivity contribution in [1.29, 1.82) is 0 Å². The molecule has 0 radical (unpaired) electrons. The van der Waals surface area contributed by atoms with Gasteiger partial charge in [0.05, 0.1) is 6.54 Å². The highest BCUT2D eigenvalue weighted by atomic mass is 16.2. The minimum atomic E-state index is -0.217. The van der Waals surface area contributed by atoms with Crippen LogP contribution < -0.4 is 5.69 Å². The van der Waals surface area contributed by atoms with E-state index in [1.807, 2.05) is 0 Å². The lowest BCUT2D eigenvalue weighted by molar-refractivity contribution is -0.127. The molecule has 1 aliphatic rings. The maximum Gasteiger partial charge on any atom is 0.343 e. The van der Waals surface area contributed by atoms with E-state index in [4.69, 9.17) is 0 Å². The number of aromatic amines is 1. The molecule has 2 rings (SSSR count). The summed E-state index contributed by atoms with van der Waals surface area (Å²) >= 11 is 0. The summed E-state index contributed by atoms with van der Waals surface area (Å²) in [5.74, 6) is 0.461. The van der Waals surface area contributed by atoms with Gasteiger partial charge in [0.1, 0.15) is 0 Å². The van der Waals surface area contributed by atoms with Gasteiger partial charge < -0.3 is 4.90 Å². The first-order valence-corrected chi connectivity index (χ1v) is 4.28. The lowest BCUT2D eigenvalue weighted by atomic mass is 10.3. The third-order valence-electron chi connectivity index (χ3n) is 2.25. The van der Waals surface area contributed by atoms with Gasteiger partial charge in [-0.15, -0.1) is 0 Å². The van der Waals surface area contributed by atoms with Crippen LogP contribution in [-0.2, 0) is 17.9 Å². The fraction of sp³-hybridized carbons (Fsp3) is 0.375. The Kier molecular flexibility index (Phi) is 1.95. The largest absolute Gasteiger partial charge is 0.343 e. The van der Waals surface area contributed by atoms with E-state index in [1.165, 1.54) is 10.6 Å². The lowest BCUT2D eigenvalue weighted by Gasteiger charge is -2.25. The number of rotatable bonds is 1. The normalized spacial score (nSPS) is 15.0. The number of H-pyrrole nitrogens is 1. The molecule has 6 nitrogen and oxygen atoms in total. The number of carbonyl (C=O) groups excluding carboxylic acids is 1. The summed E-state index contributed by atoms with van der Waals surface area (Å²) < 4.78 is 1.53. The van der Waals surface area contributed by atoms with Gasteiger partial charge in [-0.2, -0.15) is 5.10 Å². The van der Waals surface area contributed by atoms with Gasteiger partial charge in [0, 0.05) is 13.1 Å². The Morgan fingerprint density at radius 3 is 3.07 bits per heavy atom. The monoisotopic (exact) mass is 194 g/mol. The molecule has 0 bridgehead atoms. The molecule has 0 spiro atoms. The van der Waals surface area contributed by atoms with E-state index in [2.05, 4.69) is 16.8 Å². The van der Waals surface area contributed by atoms with Crippen LogP contribution in [-0.4, -0.2) is 32.1 Å². The molecule has 0 unspecified atom stereocenters. The Balaban J connectivity index is 2.26. The van der Waals surface area contributed by atoms with E-state index in [0.717, 1.165) is 0 Å². The van der Waals surface area contributed by atoms with Gasteiger partial charge in [-0.25, -0.2) is 9.89 Å². The Hall–Kier alpha value is -1.85. The zero-order valence-corrected chi connectivity index (χ0v) is 7.56. The Bertz CT molecular complexity index is 431. The molecule has 0 atom stereocenters. The topological polar surface area (TPSA) is 71.0 Å². The second-order valence-corrected chi connectivity index (χ2v) is 3.06. The van der Waals surface area contributed by atoms with Crippen LogP contribution in [0, 0.1) is 0 Å². The van der Waals surface area contributed by atoms with E-state index in [0.29, 0.717) is 25.5 Å². The summed E-state index contributed by atoms with van der Waals surface area (Å²) in [7, 11) is 0. The summed E-state index contributed by atoms with van der Waals surface area (Å²) in [6, 6.07) is 0. The Labute approximate surface area is 79.8 Å². The molecular weight excluding hydrogens is 184 g/mol. The van der Waals surface area contributed by atoms with Crippen molar-refractivity contribution in [3.63, 3.8) is 0 Å². The first kappa shape index (κ1) is 8.74. The quantitative estimate of drug-likeness (QED) is 0.589. The molecule has 6 heteroatoms. The van der Waals surface area contributed by atoms with Crippen LogP contribution in [0.15, 0.2) is 17.4 Å². The van der Waals surface area contributed by atoms with Gasteiger partial charge in [0.15, 0.2) is 5.82 Å². The molecule has 0 saturated carbocycles. The van der Waals surface area contributed by atoms with Crippen molar-refractivity contribution in [3.8, 4) is 0 Å². The molecule has 2 heterocycles. The van der Waals surface area contributed by atoms with Crippen molar-refractivity contribution in [2.45, 2.75) is 13.1 Å². The van der Waals surface area contributed by atoms with Crippen molar-refractivity contribution in [1.82, 2.24) is 19.7 Å². The maximum absolute atomic E-state index is 11.3. The fourth-order valence-corrected chi connectivity index (χ4v) is 1.49. The SMILES string of the molecule is C=CC(=O)N1CCn2c(n[nH]c2=O)C1. The number of aromatic nitrogens is 3. The highest BCUT2D eigenvalue weighted by molar-refractivity contribution is 5.86. The van der Waals surface area contributed by atoms with Gasteiger partial charge in [-0.1, -0.05) is 6.58 Å². The smallest absolute Gasteiger partial charge is 0.330 e. The molecule has 0 aromatic carbocycles. The second-order valence-electron chi connectivity index (χ2n) is 3.06. The van der Waals surface area contributed by atoms with Crippen molar-refractivity contribution >= 4 is 5.91 Å². The van der Waals surface area contributed by atoms with E-state index in [-0.39, 0.29) is 11.6 Å². The van der Waals surface area contributed by atoms with Crippen molar-refractivity contribution in [3.05, 3.63) is 29.0 Å². The average molecular weight is 194 g/mol. The third-order valence-corrected chi connectivity index (χ3v) is 2.25. The van der Waals surface area contributed by atoms with Gasteiger partial charge in [0.2, 0.25) is 5.91 Å². The molecule has 14 heavy (non-hydrogen) atoms. The zero-order chi connectivity index (χ0) is 10.1. The predicted octanol–water partition coefficient (Wildman–Crippen LogP) is -0.900. The minimum Gasteiger partial charge on any atom is -0.330 e. The second kappa shape index (κ2) is 3.13. The van der Waals surface area contributed by atoms with Gasteiger partial charge in [0.25, 0.3) is 0 Å². The standard InChI is InChI=1S/C8H10N4O2/c1-2-7(13)11-3-4-12-6(5-11)9-10-8(12)14/h2H,1,3-5H2,(H,10,14). The molecule has 1 aromatic heterocycles. The highest BCUT2D eigenvalue weighted by Crippen LogP contribution is 2.06. The van der Waals surface area contributed by atoms with E-state index in [1.54, 1.807) is 4.90 Å².